The molecule has 2 aromatic carbocycles. The van der Waals surface area contributed by atoms with Gasteiger partial charge in [0, 0.05) is 23.7 Å². The number of hydrogen-bond acceptors (Lipinski definition) is 2. The summed E-state index contributed by atoms with van der Waals surface area (Å²) in [6.45, 7) is 0.444. The van der Waals surface area contributed by atoms with Gasteiger partial charge >= 0.3 is 0 Å². The Bertz CT molecular complexity index is 750. The lowest BCUT2D eigenvalue weighted by atomic mass is 10.2. The molecule has 4 nitrogen and oxygen atoms in total. The van der Waals surface area contributed by atoms with Gasteiger partial charge in [-0.1, -0.05) is 41.4 Å². The van der Waals surface area contributed by atoms with Crippen LogP contribution >= 0.6 is 23.2 Å². The van der Waals surface area contributed by atoms with Gasteiger partial charge < -0.3 is 10.2 Å². The van der Waals surface area contributed by atoms with Crippen molar-refractivity contribution in [2.45, 2.75) is 12.5 Å². The minimum atomic E-state index is -0.306. The van der Waals surface area contributed by atoms with Crippen LogP contribution in [0.5, 0.6) is 0 Å². The van der Waals surface area contributed by atoms with Gasteiger partial charge in [0.05, 0.1) is 16.6 Å². The first kappa shape index (κ1) is 15.8. The molecule has 1 unspecified atom stereocenters. The molecule has 1 aliphatic heterocycles. The summed E-state index contributed by atoms with van der Waals surface area (Å²) in [5, 5.41) is 3.62. The van der Waals surface area contributed by atoms with Gasteiger partial charge in [0.2, 0.25) is 5.91 Å². The van der Waals surface area contributed by atoms with Crippen molar-refractivity contribution in [2.24, 2.45) is 0 Å². The minimum absolute atomic E-state index is 0.0105. The highest BCUT2D eigenvalue weighted by Gasteiger charge is 2.31. The van der Waals surface area contributed by atoms with Crippen molar-refractivity contribution in [3.05, 3.63) is 64.1 Å². The summed E-state index contributed by atoms with van der Waals surface area (Å²) in [7, 11) is 0. The molecule has 118 valence electrons. The molecular weight excluding hydrogens is 335 g/mol. The highest BCUT2D eigenvalue weighted by molar-refractivity contribution is 6.36. The van der Waals surface area contributed by atoms with E-state index in [4.69, 9.17) is 23.2 Å². The number of amides is 2. The number of hydrogen-bond donors (Lipinski definition) is 1. The van der Waals surface area contributed by atoms with E-state index in [1.807, 2.05) is 30.3 Å². The smallest absolute Gasteiger partial charge is 0.253 e. The highest BCUT2D eigenvalue weighted by atomic mass is 35.5. The first-order valence-corrected chi connectivity index (χ1v) is 7.91. The third-order valence-corrected chi connectivity index (χ3v) is 4.25. The van der Waals surface area contributed by atoms with Gasteiger partial charge in [0.1, 0.15) is 0 Å². The first-order valence-electron chi connectivity index (χ1n) is 7.16. The van der Waals surface area contributed by atoms with Crippen LogP contribution in [0, 0.1) is 0 Å². The molecule has 0 spiro atoms. The van der Waals surface area contributed by atoms with Crippen molar-refractivity contribution in [1.82, 2.24) is 5.32 Å². The molecule has 0 bridgehead atoms. The Morgan fingerprint density at radius 3 is 2.57 bits per heavy atom. The van der Waals surface area contributed by atoms with Crippen molar-refractivity contribution in [3.63, 3.8) is 0 Å². The Kier molecular flexibility index (Phi) is 4.55. The number of benzene rings is 2. The van der Waals surface area contributed by atoms with Gasteiger partial charge in [-0.15, -0.1) is 0 Å². The predicted molar refractivity (Wildman–Crippen MR) is 91.1 cm³/mol. The quantitative estimate of drug-likeness (QED) is 0.922. The lowest BCUT2D eigenvalue weighted by molar-refractivity contribution is -0.117. The summed E-state index contributed by atoms with van der Waals surface area (Å²) in [4.78, 5) is 26.1. The Hall–Kier alpha value is -2.04. The number of halogens is 2. The van der Waals surface area contributed by atoms with Crippen LogP contribution in [0.3, 0.4) is 0 Å². The topological polar surface area (TPSA) is 49.4 Å². The van der Waals surface area contributed by atoms with Gasteiger partial charge in [-0.25, -0.2) is 0 Å². The minimum Gasteiger partial charge on any atom is -0.347 e. The van der Waals surface area contributed by atoms with E-state index in [9.17, 15) is 9.59 Å². The van der Waals surface area contributed by atoms with Crippen LogP contribution in [0.25, 0.3) is 0 Å². The SMILES string of the molecule is O=C(NC1CC(=O)N(c2ccccc2)C1)c1ccc(Cl)cc1Cl. The molecule has 1 aliphatic rings. The predicted octanol–water partition coefficient (Wildman–Crippen LogP) is 3.53. The number of rotatable bonds is 3. The van der Waals surface area contributed by atoms with E-state index in [0.717, 1.165) is 5.69 Å². The molecule has 1 fully saturated rings. The van der Waals surface area contributed by atoms with Crippen LogP contribution in [0.4, 0.5) is 5.69 Å². The number of carbonyl (C=O) groups is 2. The molecule has 0 radical (unpaired) electrons. The summed E-state index contributed by atoms with van der Waals surface area (Å²) in [6, 6.07) is 13.9. The van der Waals surface area contributed by atoms with Crippen molar-refractivity contribution in [2.75, 3.05) is 11.4 Å². The molecule has 2 amide bonds. The summed E-state index contributed by atoms with van der Waals surface area (Å²) in [6.07, 6.45) is 0.270. The average Bonchev–Trinajstić information content (AvgIpc) is 2.88. The lowest BCUT2D eigenvalue weighted by Crippen LogP contribution is -2.37. The number of anilines is 1. The number of nitrogens with zero attached hydrogens (tertiary/aromatic N) is 1. The standard InChI is InChI=1S/C17H14Cl2N2O2/c18-11-6-7-14(15(19)8-11)17(23)20-12-9-16(22)21(10-12)13-4-2-1-3-5-13/h1-8,12H,9-10H2,(H,20,23). The van der Waals surface area contributed by atoms with Gasteiger partial charge in [-0.2, -0.15) is 0 Å². The van der Waals surface area contributed by atoms with E-state index in [2.05, 4.69) is 5.32 Å². The van der Waals surface area contributed by atoms with Gasteiger partial charge in [-0.05, 0) is 30.3 Å². The Labute approximate surface area is 144 Å². The fraction of sp³-hybridized carbons (Fsp3) is 0.176. The van der Waals surface area contributed by atoms with Crippen molar-refractivity contribution in [3.8, 4) is 0 Å². The highest BCUT2D eigenvalue weighted by Crippen LogP contribution is 2.23. The maximum Gasteiger partial charge on any atom is 0.253 e. The molecule has 0 aromatic heterocycles. The summed E-state index contributed by atoms with van der Waals surface area (Å²) in [5.74, 6) is -0.317. The lowest BCUT2D eigenvalue weighted by Gasteiger charge is -2.17. The Morgan fingerprint density at radius 2 is 1.87 bits per heavy atom. The third kappa shape index (κ3) is 3.49. The molecule has 1 atom stereocenters. The van der Waals surface area contributed by atoms with E-state index >= 15 is 0 Å². The molecule has 1 saturated heterocycles. The third-order valence-electron chi connectivity index (χ3n) is 3.70. The molecule has 1 N–H and O–H groups in total. The summed E-state index contributed by atoms with van der Waals surface area (Å²) < 4.78 is 0. The van der Waals surface area contributed by atoms with E-state index in [-0.39, 0.29) is 24.3 Å². The molecule has 6 heteroatoms. The van der Waals surface area contributed by atoms with Gasteiger partial charge in [0.15, 0.2) is 0 Å². The van der Waals surface area contributed by atoms with E-state index in [1.165, 1.54) is 6.07 Å². The monoisotopic (exact) mass is 348 g/mol. The van der Waals surface area contributed by atoms with E-state index < -0.39 is 0 Å². The molecule has 0 saturated carbocycles. The van der Waals surface area contributed by atoms with Crippen LogP contribution < -0.4 is 10.2 Å². The Balaban J connectivity index is 1.70. The molecule has 23 heavy (non-hydrogen) atoms. The zero-order valence-electron chi connectivity index (χ0n) is 12.1. The van der Waals surface area contributed by atoms with Crippen molar-refractivity contribution >= 4 is 40.7 Å². The molecule has 3 rings (SSSR count). The van der Waals surface area contributed by atoms with Crippen LogP contribution in [-0.4, -0.2) is 24.4 Å². The first-order chi connectivity index (χ1) is 11.0. The van der Waals surface area contributed by atoms with Gasteiger partial charge in [0.25, 0.3) is 5.91 Å². The molecular formula is C17H14Cl2N2O2. The summed E-state index contributed by atoms with van der Waals surface area (Å²) >= 11 is 11.9. The van der Waals surface area contributed by atoms with Crippen LogP contribution in [0.1, 0.15) is 16.8 Å². The zero-order valence-corrected chi connectivity index (χ0v) is 13.6. The Morgan fingerprint density at radius 1 is 1.13 bits per heavy atom. The zero-order chi connectivity index (χ0) is 16.4. The van der Waals surface area contributed by atoms with Gasteiger partial charge in [-0.3, -0.25) is 9.59 Å². The van der Waals surface area contributed by atoms with Crippen molar-refractivity contribution in [1.29, 1.82) is 0 Å². The van der Waals surface area contributed by atoms with E-state index in [1.54, 1.807) is 17.0 Å². The fourth-order valence-corrected chi connectivity index (χ4v) is 3.09. The largest absolute Gasteiger partial charge is 0.347 e. The molecule has 1 heterocycles. The van der Waals surface area contributed by atoms with Crippen LogP contribution in [-0.2, 0) is 4.79 Å². The maximum absolute atomic E-state index is 12.3. The van der Waals surface area contributed by atoms with Crippen LogP contribution in [0.2, 0.25) is 10.0 Å². The van der Waals surface area contributed by atoms with Crippen LogP contribution in [0.15, 0.2) is 48.5 Å². The second-order valence-corrected chi connectivity index (χ2v) is 6.18. The normalized spacial score (nSPS) is 17.4. The second-order valence-electron chi connectivity index (χ2n) is 5.34. The second kappa shape index (κ2) is 6.60. The van der Waals surface area contributed by atoms with E-state index in [0.29, 0.717) is 22.2 Å². The molecule has 2 aromatic rings. The maximum atomic E-state index is 12.3. The average molecular weight is 349 g/mol. The molecule has 0 aliphatic carbocycles. The van der Waals surface area contributed by atoms with Crippen molar-refractivity contribution < 1.29 is 9.59 Å². The number of carbonyl (C=O) groups excluding carboxylic acids is 2. The number of nitrogens with one attached hydrogen (secondary N) is 1. The fourth-order valence-electron chi connectivity index (χ4n) is 2.60. The number of para-hydroxylation sites is 1. The summed E-state index contributed by atoms with van der Waals surface area (Å²) in [5.41, 5.74) is 1.18.